The Morgan fingerprint density at radius 2 is 2.17 bits per heavy atom. The number of nitrogens with one attached hydrogen (secondary N) is 1. The van der Waals surface area contributed by atoms with Crippen molar-refractivity contribution in [1.82, 2.24) is 10.3 Å². The third-order valence-corrected chi connectivity index (χ3v) is 2.97. The van der Waals surface area contributed by atoms with E-state index in [1.807, 2.05) is 13.8 Å². The number of rotatable bonds is 3. The molecule has 0 bridgehead atoms. The van der Waals surface area contributed by atoms with E-state index < -0.39 is 5.91 Å². The van der Waals surface area contributed by atoms with E-state index >= 15 is 0 Å². The molecule has 6 nitrogen and oxygen atoms in total. The lowest BCUT2D eigenvalue weighted by Gasteiger charge is -2.35. The van der Waals surface area contributed by atoms with E-state index in [0.29, 0.717) is 6.54 Å². The Morgan fingerprint density at radius 1 is 1.50 bits per heavy atom. The van der Waals surface area contributed by atoms with Crippen molar-refractivity contribution in [3.8, 4) is 0 Å². The Hall–Kier alpha value is -1.37. The maximum absolute atomic E-state index is 11.5. The summed E-state index contributed by atoms with van der Waals surface area (Å²) in [6, 6.07) is 1.80. The average Bonchev–Trinajstić information content (AvgIpc) is 2.74. The van der Waals surface area contributed by atoms with Crippen LogP contribution in [-0.2, 0) is 11.3 Å². The normalized spacial score (nSPS) is 25.1. The molecule has 6 heteroatoms. The van der Waals surface area contributed by atoms with E-state index in [1.165, 1.54) is 6.26 Å². The molecule has 0 saturated carbocycles. The summed E-state index contributed by atoms with van der Waals surface area (Å²) in [5.74, 6) is 5.00. The van der Waals surface area contributed by atoms with Gasteiger partial charge in [0.1, 0.15) is 0 Å². The predicted molar refractivity (Wildman–Crippen MR) is 65.6 cm³/mol. The minimum atomic E-state index is -0.399. The number of furan rings is 1. The number of nitrogens with zero attached hydrogens (tertiary/aromatic N) is 1. The molecule has 1 amide bonds. The zero-order valence-electron chi connectivity index (χ0n) is 10.7. The first-order chi connectivity index (χ1) is 8.60. The highest BCUT2D eigenvalue weighted by atomic mass is 16.5. The number of hydrazine groups is 1. The Morgan fingerprint density at radius 3 is 2.78 bits per heavy atom. The summed E-state index contributed by atoms with van der Waals surface area (Å²) >= 11 is 0. The number of hydrogen-bond acceptors (Lipinski definition) is 5. The highest BCUT2D eigenvalue weighted by molar-refractivity contribution is 5.92. The van der Waals surface area contributed by atoms with Crippen LogP contribution in [0.1, 0.15) is 30.0 Å². The summed E-state index contributed by atoms with van der Waals surface area (Å²) in [6.07, 6.45) is 1.91. The first-order valence-electron chi connectivity index (χ1n) is 6.05. The fraction of sp³-hybridized carbons (Fsp3) is 0.583. The fourth-order valence-corrected chi connectivity index (χ4v) is 2.38. The molecular weight excluding hydrogens is 234 g/mol. The van der Waals surface area contributed by atoms with Crippen molar-refractivity contribution in [2.75, 3.05) is 13.1 Å². The molecule has 100 valence electrons. The zero-order chi connectivity index (χ0) is 13.1. The van der Waals surface area contributed by atoms with Crippen LogP contribution in [0.4, 0.5) is 0 Å². The van der Waals surface area contributed by atoms with Gasteiger partial charge in [0.2, 0.25) is 0 Å². The van der Waals surface area contributed by atoms with Crippen molar-refractivity contribution >= 4 is 5.91 Å². The van der Waals surface area contributed by atoms with E-state index in [0.717, 1.165) is 18.7 Å². The fourth-order valence-electron chi connectivity index (χ4n) is 2.38. The average molecular weight is 253 g/mol. The Kier molecular flexibility index (Phi) is 4.00. The predicted octanol–water partition coefficient (Wildman–Crippen LogP) is 0.492. The summed E-state index contributed by atoms with van der Waals surface area (Å²) in [4.78, 5) is 13.7. The molecular formula is C12H19N3O3. The molecule has 1 aromatic rings. The summed E-state index contributed by atoms with van der Waals surface area (Å²) in [7, 11) is 0. The maximum Gasteiger partial charge on any atom is 0.301 e. The minimum absolute atomic E-state index is 0.201. The molecule has 1 aliphatic heterocycles. The van der Waals surface area contributed by atoms with Crippen LogP contribution < -0.4 is 11.3 Å². The van der Waals surface area contributed by atoms with Gasteiger partial charge in [-0.25, -0.2) is 5.84 Å². The quantitative estimate of drug-likeness (QED) is 0.465. The van der Waals surface area contributed by atoms with Crippen LogP contribution in [0.3, 0.4) is 0 Å². The molecule has 18 heavy (non-hydrogen) atoms. The van der Waals surface area contributed by atoms with Crippen molar-refractivity contribution in [1.29, 1.82) is 0 Å². The second-order valence-electron chi connectivity index (χ2n) is 4.70. The molecule has 1 aliphatic rings. The van der Waals surface area contributed by atoms with Crippen LogP contribution in [0.25, 0.3) is 0 Å². The number of nitrogen functional groups attached to an aromatic ring is 1. The van der Waals surface area contributed by atoms with Crippen LogP contribution >= 0.6 is 0 Å². The van der Waals surface area contributed by atoms with E-state index in [9.17, 15) is 4.79 Å². The summed E-state index contributed by atoms with van der Waals surface area (Å²) < 4.78 is 10.8. The van der Waals surface area contributed by atoms with Gasteiger partial charge in [-0.1, -0.05) is 0 Å². The van der Waals surface area contributed by atoms with Gasteiger partial charge in [0.15, 0.2) is 5.76 Å². The highest BCUT2D eigenvalue weighted by Crippen LogP contribution is 2.17. The molecule has 1 fully saturated rings. The van der Waals surface area contributed by atoms with Gasteiger partial charge in [-0.15, -0.1) is 0 Å². The molecule has 2 atom stereocenters. The number of morpholine rings is 1. The lowest BCUT2D eigenvalue weighted by Crippen LogP contribution is -2.45. The van der Waals surface area contributed by atoms with Crippen LogP contribution in [0.15, 0.2) is 16.7 Å². The van der Waals surface area contributed by atoms with Crippen LogP contribution in [0.2, 0.25) is 0 Å². The van der Waals surface area contributed by atoms with Gasteiger partial charge >= 0.3 is 5.91 Å². The van der Waals surface area contributed by atoms with Gasteiger partial charge in [0.05, 0.1) is 18.5 Å². The van der Waals surface area contributed by atoms with E-state index in [-0.39, 0.29) is 18.0 Å². The lowest BCUT2D eigenvalue weighted by molar-refractivity contribution is -0.0705. The van der Waals surface area contributed by atoms with E-state index in [1.54, 1.807) is 6.07 Å². The van der Waals surface area contributed by atoms with Crippen molar-refractivity contribution in [2.45, 2.75) is 32.6 Å². The van der Waals surface area contributed by atoms with Gasteiger partial charge in [0, 0.05) is 25.2 Å². The summed E-state index contributed by atoms with van der Waals surface area (Å²) in [5.41, 5.74) is 2.93. The van der Waals surface area contributed by atoms with E-state index in [2.05, 4.69) is 10.3 Å². The minimum Gasteiger partial charge on any atom is -0.459 e. The number of carbonyl (C=O) groups excluding carboxylic acids is 1. The molecule has 2 rings (SSSR count). The monoisotopic (exact) mass is 253 g/mol. The third-order valence-electron chi connectivity index (χ3n) is 2.97. The number of ether oxygens (including phenoxy) is 1. The van der Waals surface area contributed by atoms with E-state index in [4.69, 9.17) is 15.0 Å². The topological polar surface area (TPSA) is 80.7 Å². The first kappa shape index (κ1) is 13.1. The van der Waals surface area contributed by atoms with Crippen LogP contribution in [-0.4, -0.2) is 36.1 Å². The Bertz CT molecular complexity index is 408. The van der Waals surface area contributed by atoms with Crippen molar-refractivity contribution < 1.29 is 13.9 Å². The SMILES string of the molecule is CC1CN(Cc2ccoc2C(=O)NN)CC(C)O1. The van der Waals surface area contributed by atoms with Gasteiger partial charge in [0.25, 0.3) is 0 Å². The maximum atomic E-state index is 11.5. The van der Waals surface area contributed by atoms with Crippen LogP contribution in [0.5, 0.6) is 0 Å². The molecule has 1 aromatic heterocycles. The molecule has 0 radical (unpaired) electrons. The van der Waals surface area contributed by atoms with Crippen molar-refractivity contribution in [3.05, 3.63) is 23.7 Å². The Labute approximate surface area is 106 Å². The van der Waals surface area contributed by atoms with Gasteiger partial charge in [-0.3, -0.25) is 15.1 Å². The number of amides is 1. The summed E-state index contributed by atoms with van der Waals surface area (Å²) in [6.45, 7) is 6.45. The van der Waals surface area contributed by atoms with Gasteiger partial charge < -0.3 is 9.15 Å². The molecule has 2 unspecified atom stereocenters. The highest BCUT2D eigenvalue weighted by Gasteiger charge is 2.24. The lowest BCUT2D eigenvalue weighted by atomic mass is 10.1. The first-order valence-corrected chi connectivity index (χ1v) is 6.05. The van der Waals surface area contributed by atoms with Crippen molar-refractivity contribution in [2.24, 2.45) is 5.84 Å². The largest absolute Gasteiger partial charge is 0.459 e. The number of nitrogens with two attached hydrogens (primary N) is 1. The molecule has 3 N–H and O–H groups in total. The Balaban J connectivity index is 2.05. The molecule has 0 aliphatic carbocycles. The number of hydrogen-bond donors (Lipinski definition) is 2. The smallest absolute Gasteiger partial charge is 0.301 e. The standard InChI is InChI=1S/C12H19N3O3/c1-8-5-15(6-9(2)18-8)7-10-3-4-17-11(10)12(16)14-13/h3-4,8-9H,5-7,13H2,1-2H3,(H,14,16). The second-order valence-corrected chi connectivity index (χ2v) is 4.70. The molecule has 0 spiro atoms. The molecule has 0 aromatic carbocycles. The van der Waals surface area contributed by atoms with Gasteiger partial charge in [-0.2, -0.15) is 0 Å². The second kappa shape index (κ2) is 5.51. The van der Waals surface area contributed by atoms with Crippen LogP contribution in [0, 0.1) is 0 Å². The summed E-state index contributed by atoms with van der Waals surface area (Å²) in [5, 5.41) is 0. The zero-order valence-corrected chi connectivity index (χ0v) is 10.7. The van der Waals surface area contributed by atoms with Crippen molar-refractivity contribution in [3.63, 3.8) is 0 Å². The number of carbonyl (C=O) groups is 1. The third kappa shape index (κ3) is 2.90. The molecule has 1 saturated heterocycles. The van der Waals surface area contributed by atoms with Gasteiger partial charge in [-0.05, 0) is 19.9 Å². The molecule has 2 heterocycles.